The number of aliphatic imine (C=N–C) groups is 1. The molecule has 23 heavy (non-hydrogen) atoms. The maximum Gasteiger partial charge on any atom is 0.190 e. The van der Waals surface area contributed by atoms with E-state index in [0.29, 0.717) is 0 Å². The fraction of sp³-hybridized carbons (Fsp3) is 0.750. The third-order valence-corrected chi connectivity index (χ3v) is 3.94. The lowest BCUT2D eigenvalue weighted by atomic mass is 10.3. The smallest absolute Gasteiger partial charge is 0.190 e. The Balaban J connectivity index is 1.46. The van der Waals surface area contributed by atoms with Gasteiger partial charge in [0.25, 0.3) is 0 Å². The molecule has 0 radical (unpaired) electrons. The minimum atomic E-state index is 0.882. The predicted molar refractivity (Wildman–Crippen MR) is 92.7 cm³/mol. The van der Waals surface area contributed by atoms with Crippen molar-refractivity contribution in [3.63, 3.8) is 0 Å². The molecule has 0 spiro atoms. The highest BCUT2D eigenvalue weighted by Crippen LogP contribution is 1.99. The van der Waals surface area contributed by atoms with Crippen LogP contribution < -0.4 is 10.6 Å². The Bertz CT molecular complexity index is 428. The van der Waals surface area contributed by atoms with E-state index in [-0.39, 0.29) is 0 Å². The number of rotatable bonds is 9. The Morgan fingerprint density at radius 3 is 2.61 bits per heavy atom. The zero-order valence-electron chi connectivity index (χ0n) is 14.2. The normalized spacial score (nSPS) is 16.5. The number of hydrogen-bond acceptors (Lipinski definition) is 4. The lowest BCUT2D eigenvalue weighted by molar-refractivity contribution is 0.0372. The Kier molecular flexibility index (Phi) is 8.50. The van der Waals surface area contributed by atoms with Gasteiger partial charge in [0.1, 0.15) is 0 Å². The number of aryl methyl sites for hydroxylation is 1. The molecule has 1 aliphatic heterocycles. The maximum atomic E-state index is 5.36. The molecule has 0 atom stereocenters. The van der Waals surface area contributed by atoms with E-state index in [1.165, 1.54) is 13.0 Å². The molecule has 0 aliphatic carbocycles. The summed E-state index contributed by atoms with van der Waals surface area (Å²) in [6.45, 7) is 7.87. The van der Waals surface area contributed by atoms with Crippen molar-refractivity contribution in [2.45, 2.75) is 25.8 Å². The highest BCUT2D eigenvalue weighted by Gasteiger charge is 2.08. The van der Waals surface area contributed by atoms with Gasteiger partial charge in [-0.2, -0.15) is 5.10 Å². The first-order chi connectivity index (χ1) is 11.4. The van der Waals surface area contributed by atoms with E-state index in [0.717, 1.165) is 64.7 Å². The van der Waals surface area contributed by atoms with Gasteiger partial charge in [-0.3, -0.25) is 14.6 Å². The maximum absolute atomic E-state index is 5.36. The van der Waals surface area contributed by atoms with Crippen LogP contribution in [0.2, 0.25) is 0 Å². The SMILES string of the molecule is CN=C(NCCCCN1CCOCC1)NCCCn1cccn1. The largest absolute Gasteiger partial charge is 0.379 e. The van der Waals surface area contributed by atoms with Gasteiger partial charge in [-0.25, -0.2) is 0 Å². The standard InChI is InChI=1S/C16H30N6O/c1-17-16(19-7-4-10-22-11-5-8-20-22)18-6-2-3-9-21-12-14-23-15-13-21/h5,8,11H,2-4,6-7,9-10,12-15H2,1H3,(H2,17,18,19). The molecule has 2 N–H and O–H groups in total. The molecule has 130 valence electrons. The highest BCUT2D eigenvalue weighted by atomic mass is 16.5. The Morgan fingerprint density at radius 1 is 1.13 bits per heavy atom. The van der Waals surface area contributed by atoms with E-state index in [1.807, 2.05) is 30.2 Å². The molecule has 1 aliphatic rings. The average Bonchev–Trinajstić information content (AvgIpc) is 3.11. The number of nitrogens with zero attached hydrogens (tertiary/aromatic N) is 4. The van der Waals surface area contributed by atoms with Crippen LogP contribution in [0.15, 0.2) is 23.5 Å². The topological polar surface area (TPSA) is 66.7 Å². The van der Waals surface area contributed by atoms with Crippen LogP contribution in [0.1, 0.15) is 19.3 Å². The second-order valence-electron chi connectivity index (χ2n) is 5.71. The molecule has 2 rings (SSSR count). The molecular formula is C16H30N6O. The second kappa shape index (κ2) is 11.0. The minimum Gasteiger partial charge on any atom is -0.379 e. The van der Waals surface area contributed by atoms with Crippen LogP contribution in [-0.4, -0.2) is 73.6 Å². The molecule has 1 aromatic rings. The molecule has 0 unspecified atom stereocenters. The molecule has 0 saturated carbocycles. The van der Waals surface area contributed by atoms with Crippen molar-refractivity contribution >= 4 is 5.96 Å². The molecular weight excluding hydrogens is 292 g/mol. The van der Waals surface area contributed by atoms with Gasteiger partial charge in [-0.15, -0.1) is 0 Å². The molecule has 7 heteroatoms. The molecule has 0 bridgehead atoms. The summed E-state index contributed by atoms with van der Waals surface area (Å²) in [6.07, 6.45) is 7.19. The molecule has 2 heterocycles. The summed E-state index contributed by atoms with van der Waals surface area (Å²) in [4.78, 5) is 6.73. The van der Waals surface area contributed by atoms with Crippen molar-refractivity contribution in [2.75, 3.05) is 53.0 Å². The summed E-state index contributed by atoms with van der Waals surface area (Å²) in [7, 11) is 1.82. The highest BCUT2D eigenvalue weighted by molar-refractivity contribution is 5.79. The molecule has 1 saturated heterocycles. The number of hydrogen-bond donors (Lipinski definition) is 2. The lowest BCUT2D eigenvalue weighted by Gasteiger charge is -2.26. The quantitative estimate of drug-likeness (QED) is 0.395. The zero-order chi connectivity index (χ0) is 16.2. The van der Waals surface area contributed by atoms with E-state index in [9.17, 15) is 0 Å². The fourth-order valence-electron chi connectivity index (χ4n) is 2.59. The molecule has 0 aromatic carbocycles. The summed E-state index contributed by atoms with van der Waals surface area (Å²) < 4.78 is 7.31. The van der Waals surface area contributed by atoms with Crippen LogP contribution >= 0.6 is 0 Å². The average molecular weight is 322 g/mol. The first-order valence-electron chi connectivity index (χ1n) is 8.60. The third kappa shape index (κ3) is 7.47. The number of unbranched alkanes of at least 4 members (excludes halogenated alkanes) is 1. The number of morpholine rings is 1. The second-order valence-corrected chi connectivity index (χ2v) is 5.71. The van der Waals surface area contributed by atoms with E-state index in [4.69, 9.17) is 4.74 Å². The van der Waals surface area contributed by atoms with Crippen molar-refractivity contribution in [2.24, 2.45) is 4.99 Å². The van der Waals surface area contributed by atoms with Crippen LogP contribution in [0.4, 0.5) is 0 Å². The zero-order valence-corrected chi connectivity index (χ0v) is 14.2. The van der Waals surface area contributed by atoms with Gasteiger partial charge in [-0.05, 0) is 31.9 Å². The van der Waals surface area contributed by atoms with Crippen molar-refractivity contribution in [1.29, 1.82) is 0 Å². The summed E-state index contributed by atoms with van der Waals surface area (Å²) in [5.41, 5.74) is 0. The third-order valence-electron chi connectivity index (χ3n) is 3.94. The van der Waals surface area contributed by atoms with Gasteiger partial charge in [-0.1, -0.05) is 0 Å². The molecule has 1 aromatic heterocycles. The Morgan fingerprint density at radius 2 is 1.91 bits per heavy atom. The van der Waals surface area contributed by atoms with Crippen LogP contribution in [0.3, 0.4) is 0 Å². The number of aromatic nitrogens is 2. The predicted octanol–water partition coefficient (Wildman–Crippen LogP) is 0.551. The first-order valence-corrected chi connectivity index (χ1v) is 8.60. The summed E-state index contributed by atoms with van der Waals surface area (Å²) in [6, 6.07) is 1.95. The minimum absolute atomic E-state index is 0.882. The van der Waals surface area contributed by atoms with Gasteiger partial charge >= 0.3 is 0 Å². The number of ether oxygens (including phenoxy) is 1. The monoisotopic (exact) mass is 322 g/mol. The van der Waals surface area contributed by atoms with E-state index < -0.39 is 0 Å². The summed E-state index contributed by atoms with van der Waals surface area (Å²) in [5, 5.41) is 10.9. The van der Waals surface area contributed by atoms with E-state index >= 15 is 0 Å². The fourth-order valence-corrected chi connectivity index (χ4v) is 2.59. The van der Waals surface area contributed by atoms with Crippen molar-refractivity contribution in [3.05, 3.63) is 18.5 Å². The number of nitrogens with one attached hydrogen (secondary N) is 2. The van der Waals surface area contributed by atoms with Crippen molar-refractivity contribution in [1.82, 2.24) is 25.3 Å². The van der Waals surface area contributed by atoms with Crippen LogP contribution in [-0.2, 0) is 11.3 Å². The van der Waals surface area contributed by atoms with Crippen molar-refractivity contribution < 1.29 is 4.74 Å². The van der Waals surface area contributed by atoms with Gasteiger partial charge in [0, 0.05) is 52.2 Å². The lowest BCUT2D eigenvalue weighted by Crippen LogP contribution is -2.39. The molecule has 7 nitrogen and oxygen atoms in total. The van der Waals surface area contributed by atoms with E-state index in [1.54, 1.807) is 0 Å². The van der Waals surface area contributed by atoms with Gasteiger partial charge in [0.05, 0.1) is 13.2 Å². The van der Waals surface area contributed by atoms with Crippen molar-refractivity contribution in [3.8, 4) is 0 Å². The molecule has 1 fully saturated rings. The van der Waals surface area contributed by atoms with Crippen LogP contribution in [0.25, 0.3) is 0 Å². The Hall–Kier alpha value is -1.60. The summed E-state index contributed by atoms with van der Waals surface area (Å²) in [5.74, 6) is 0.886. The van der Waals surface area contributed by atoms with Gasteiger partial charge < -0.3 is 15.4 Å². The molecule has 0 amide bonds. The van der Waals surface area contributed by atoms with Gasteiger partial charge in [0.15, 0.2) is 5.96 Å². The van der Waals surface area contributed by atoms with E-state index in [2.05, 4.69) is 25.6 Å². The number of guanidine groups is 1. The first kappa shape index (κ1) is 17.7. The van der Waals surface area contributed by atoms with Crippen LogP contribution in [0, 0.1) is 0 Å². The van der Waals surface area contributed by atoms with Gasteiger partial charge in [0.2, 0.25) is 0 Å². The Labute approximate surface area is 139 Å². The van der Waals surface area contributed by atoms with Crippen LogP contribution in [0.5, 0.6) is 0 Å². The summed E-state index contributed by atoms with van der Waals surface area (Å²) >= 11 is 0.